The molecule has 0 unspecified atom stereocenters. The summed E-state index contributed by atoms with van der Waals surface area (Å²) in [5.74, 6) is 0.474. The Balaban J connectivity index is 1.69. The Morgan fingerprint density at radius 3 is 2.79 bits per heavy atom. The minimum absolute atomic E-state index is 0.0200. The molecule has 2 heterocycles. The highest BCUT2D eigenvalue weighted by atomic mass is 35.5. The second-order valence-corrected chi connectivity index (χ2v) is 7.76. The maximum Gasteiger partial charge on any atom is 0.243 e. The molecule has 0 spiro atoms. The maximum absolute atomic E-state index is 13.5. The van der Waals surface area contributed by atoms with E-state index in [1.165, 1.54) is 18.2 Å². The Morgan fingerprint density at radius 2 is 2.03 bits per heavy atom. The summed E-state index contributed by atoms with van der Waals surface area (Å²) in [7, 11) is 1.59. The van der Waals surface area contributed by atoms with Crippen LogP contribution in [0.4, 0.5) is 21.8 Å². The lowest BCUT2D eigenvalue weighted by Gasteiger charge is -2.29. The zero-order valence-electron chi connectivity index (χ0n) is 18.0. The normalized spacial score (nSPS) is 13.8. The molecule has 1 aliphatic heterocycles. The van der Waals surface area contributed by atoms with E-state index in [1.54, 1.807) is 25.4 Å². The average Bonchev–Trinajstić information content (AvgIpc) is 2.85. The topological polar surface area (TPSA) is 79.4 Å². The van der Waals surface area contributed by atoms with Gasteiger partial charge in [-0.2, -0.15) is 4.98 Å². The van der Waals surface area contributed by atoms with Crippen molar-refractivity contribution in [1.82, 2.24) is 15.3 Å². The predicted octanol–water partition coefficient (Wildman–Crippen LogP) is 4.28. The van der Waals surface area contributed by atoms with Gasteiger partial charge in [-0.3, -0.25) is 4.79 Å². The Labute approximate surface area is 196 Å². The molecule has 1 saturated heterocycles. The van der Waals surface area contributed by atoms with Gasteiger partial charge in [0.15, 0.2) is 0 Å². The number of hydrogen-bond donors (Lipinski definition) is 2. The van der Waals surface area contributed by atoms with Crippen molar-refractivity contribution in [3.8, 4) is 11.1 Å². The van der Waals surface area contributed by atoms with E-state index in [4.69, 9.17) is 21.3 Å². The van der Waals surface area contributed by atoms with E-state index in [9.17, 15) is 9.18 Å². The van der Waals surface area contributed by atoms with E-state index >= 15 is 0 Å². The van der Waals surface area contributed by atoms with Crippen molar-refractivity contribution in [3.63, 3.8) is 0 Å². The third-order valence-corrected chi connectivity index (χ3v) is 5.42. The first-order valence-electron chi connectivity index (χ1n) is 10.5. The first kappa shape index (κ1) is 22.7. The fraction of sp³-hybridized carbons (Fsp3) is 0.208. The van der Waals surface area contributed by atoms with Crippen LogP contribution in [0.15, 0.2) is 54.7 Å². The molecule has 4 rings (SSSR count). The van der Waals surface area contributed by atoms with Crippen LogP contribution in [0.1, 0.15) is 5.56 Å². The van der Waals surface area contributed by atoms with Gasteiger partial charge in [-0.1, -0.05) is 29.8 Å². The minimum atomic E-state index is -0.488. The standard InChI is InChI=1S/C24H23ClFN5O2/c1-27-22(32)8-5-16-3-2-4-17(13-16)19-15-28-24(29-18-6-7-21(26)20(25)14-18)30-23(19)31-9-11-33-12-10-31/h2-8,13-15H,9-12H2,1H3,(H,27,32)(H,28,29,30)/b8-5+. The van der Waals surface area contributed by atoms with Gasteiger partial charge in [0.05, 0.1) is 18.2 Å². The summed E-state index contributed by atoms with van der Waals surface area (Å²) in [6.07, 6.45) is 5.00. The Kier molecular flexibility index (Phi) is 7.16. The number of ether oxygens (including phenoxy) is 1. The summed E-state index contributed by atoms with van der Waals surface area (Å²) in [5, 5.41) is 5.68. The summed E-state index contributed by atoms with van der Waals surface area (Å²) in [6, 6.07) is 12.2. The number of likely N-dealkylation sites (N-methyl/N-ethyl adjacent to an activating group) is 1. The number of morpholine rings is 1. The summed E-state index contributed by atoms with van der Waals surface area (Å²) < 4.78 is 19.0. The highest BCUT2D eigenvalue weighted by Gasteiger charge is 2.19. The van der Waals surface area contributed by atoms with E-state index in [1.807, 2.05) is 24.3 Å². The third kappa shape index (κ3) is 5.66. The van der Waals surface area contributed by atoms with E-state index in [0.29, 0.717) is 37.9 Å². The van der Waals surface area contributed by atoms with Crippen LogP contribution in [0.2, 0.25) is 5.02 Å². The molecule has 0 radical (unpaired) electrons. The summed E-state index contributed by atoms with van der Waals surface area (Å²) >= 11 is 5.90. The molecule has 0 aliphatic carbocycles. The predicted molar refractivity (Wildman–Crippen MR) is 128 cm³/mol. The van der Waals surface area contributed by atoms with Gasteiger partial charge in [0.1, 0.15) is 11.6 Å². The van der Waals surface area contributed by atoms with E-state index in [-0.39, 0.29) is 10.9 Å². The van der Waals surface area contributed by atoms with Crippen LogP contribution in [0.5, 0.6) is 0 Å². The second-order valence-electron chi connectivity index (χ2n) is 7.36. The van der Waals surface area contributed by atoms with E-state index in [2.05, 4.69) is 20.5 Å². The monoisotopic (exact) mass is 467 g/mol. The molecule has 2 N–H and O–H groups in total. The molecule has 3 aromatic rings. The SMILES string of the molecule is CNC(=O)/C=C/c1cccc(-c2cnc(Nc3ccc(F)c(Cl)c3)nc2N2CCOCC2)c1. The van der Waals surface area contributed by atoms with Crippen molar-refractivity contribution in [2.75, 3.05) is 43.6 Å². The molecular formula is C24H23ClFN5O2. The van der Waals surface area contributed by atoms with Crippen LogP contribution in [-0.2, 0) is 9.53 Å². The lowest BCUT2D eigenvalue weighted by molar-refractivity contribution is -0.115. The average molecular weight is 468 g/mol. The van der Waals surface area contributed by atoms with Gasteiger partial charge in [0, 0.05) is 43.7 Å². The van der Waals surface area contributed by atoms with Crippen molar-refractivity contribution in [1.29, 1.82) is 0 Å². The van der Waals surface area contributed by atoms with Crippen molar-refractivity contribution in [2.45, 2.75) is 0 Å². The summed E-state index contributed by atoms with van der Waals surface area (Å²) in [6.45, 7) is 2.60. The highest BCUT2D eigenvalue weighted by molar-refractivity contribution is 6.31. The Hall–Kier alpha value is -3.49. The largest absolute Gasteiger partial charge is 0.378 e. The number of halogens is 2. The summed E-state index contributed by atoms with van der Waals surface area (Å²) in [5.41, 5.74) is 3.25. The number of aromatic nitrogens is 2. The lowest BCUT2D eigenvalue weighted by Crippen LogP contribution is -2.37. The number of rotatable bonds is 6. The van der Waals surface area contributed by atoms with Crippen LogP contribution < -0.4 is 15.5 Å². The molecule has 1 aromatic heterocycles. The zero-order valence-corrected chi connectivity index (χ0v) is 18.8. The van der Waals surface area contributed by atoms with Gasteiger partial charge in [0.25, 0.3) is 0 Å². The van der Waals surface area contributed by atoms with Gasteiger partial charge in [0.2, 0.25) is 11.9 Å². The molecular weight excluding hydrogens is 445 g/mol. The maximum atomic E-state index is 13.5. The lowest BCUT2D eigenvalue weighted by atomic mass is 10.0. The first-order valence-corrected chi connectivity index (χ1v) is 10.8. The van der Waals surface area contributed by atoms with Crippen LogP contribution >= 0.6 is 11.6 Å². The van der Waals surface area contributed by atoms with Gasteiger partial charge < -0.3 is 20.3 Å². The minimum Gasteiger partial charge on any atom is -0.378 e. The molecule has 9 heteroatoms. The molecule has 0 atom stereocenters. The fourth-order valence-electron chi connectivity index (χ4n) is 3.42. The molecule has 1 amide bonds. The molecule has 1 fully saturated rings. The number of benzene rings is 2. The van der Waals surface area contributed by atoms with Crippen LogP contribution in [0.3, 0.4) is 0 Å². The first-order chi connectivity index (χ1) is 16.0. The highest BCUT2D eigenvalue weighted by Crippen LogP contribution is 2.32. The molecule has 7 nitrogen and oxygen atoms in total. The number of nitrogens with zero attached hydrogens (tertiary/aromatic N) is 3. The van der Waals surface area contributed by atoms with Gasteiger partial charge in [-0.25, -0.2) is 9.37 Å². The molecule has 0 bridgehead atoms. The molecule has 0 saturated carbocycles. The Bertz CT molecular complexity index is 1180. The van der Waals surface area contributed by atoms with Crippen LogP contribution in [0, 0.1) is 5.82 Å². The van der Waals surface area contributed by atoms with Gasteiger partial charge >= 0.3 is 0 Å². The zero-order chi connectivity index (χ0) is 23.2. The Morgan fingerprint density at radius 1 is 1.21 bits per heavy atom. The third-order valence-electron chi connectivity index (χ3n) is 5.13. The number of carbonyl (C=O) groups excluding carboxylic acids is 1. The number of hydrogen-bond acceptors (Lipinski definition) is 6. The molecule has 2 aromatic carbocycles. The van der Waals surface area contributed by atoms with Crippen LogP contribution in [-0.4, -0.2) is 49.2 Å². The molecule has 1 aliphatic rings. The summed E-state index contributed by atoms with van der Waals surface area (Å²) in [4.78, 5) is 22.9. The van der Waals surface area contributed by atoms with E-state index < -0.39 is 5.82 Å². The van der Waals surface area contributed by atoms with Crippen molar-refractivity contribution in [2.24, 2.45) is 0 Å². The molecule has 170 valence electrons. The number of anilines is 3. The van der Waals surface area contributed by atoms with Crippen LogP contribution in [0.25, 0.3) is 17.2 Å². The van der Waals surface area contributed by atoms with Crippen molar-refractivity contribution >= 4 is 41.0 Å². The van der Waals surface area contributed by atoms with Gasteiger partial charge in [-0.15, -0.1) is 0 Å². The van der Waals surface area contributed by atoms with Gasteiger partial charge in [-0.05, 0) is 41.5 Å². The number of amides is 1. The van der Waals surface area contributed by atoms with Crippen molar-refractivity contribution < 1.29 is 13.9 Å². The fourth-order valence-corrected chi connectivity index (χ4v) is 3.60. The number of nitrogens with one attached hydrogen (secondary N) is 2. The smallest absolute Gasteiger partial charge is 0.243 e. The number of carbonyl (C=O) groups is 1. The quantitative estimate of drug-likeness (QED) is 0.527. The van der Waals surface area contributed by atoms with E-state index in [0.717, 1.165) is 22.5 Å². The molecule has 33 heavy (non-hydrogen) atoms. The van der Waals surface area contributed by atoms with Crippen molar-refractivity contribution in [3.05, 3.63) is 71.1 Å². The second kappa shape index (κ2) is 10.4.